The molecule has 4 rings (SSSR count). The summed E-state index contributed by atoms with van der Waals surface area (Å²) in [6, 6.07) is 4.29. The van der Waals surface area contributed by atoms with E-state index < -0.39 is 0 Å². The van der Waals surface area contributed by atoms with E-state index in [2.05, 4.69) is 32.1 Å². The highest BCUT2D eigenvalue weighted by atomic mass is 19.1. The largest absolute Gasteiger partial charge is 0.374 e. The minimum absolute atomic E-state index is 0.0847. The fourth-order valence-electron chi connectivity index (χ4n) is 6.40. The Labute approximate surface area is 177 Å². The van der Waals surface area contributed by atoms with E-state index >= 15 is 4.39 Å². The molecule has 0 aliphatic heterocycles. The number of ether oxygens (including phenoxy) is 1. The monoisotopic (exact) mass is 398 g/mol. The molecule has 0 amide bonds. The third kappa shape index (κ3) is 4.95. The summed E-state index contributed by atoms with van der Waals surface area (Å²) in [5.41, 5.74) is 3.64. The Hall–Kier alpha value is -1.15. The van der Waals surface area contributed by atoms with Crippen molar-refractivity contribution in [3.8, 4) is 0 Å². The summed E-state index contributed by atoms with van der Waals surface area (Å²) in [7, 11) is 0. The number of hydrogen-bond acceptors (Lipinski definition) is 1. The second-order valence-electron chi connectivity index (χ2n) is 9.91. The first-order valence-electron chi connectivity index (χ1n) is 12.2. The maximum Gasteiger partial charge on any atom is 0.126 e. The maximum absolute atomic E-state index is 15.0. The summed E-state index contributed by atoms with van der Waals surface area (Å²) < 4.78 is 21.1. The molecule has 2 saturated carbocycles. The lowest BCUT2D eigenvalue weighted by Gasteiger charge is -2.42. The first-order valence-corrected chi connectivity index (χ1v) is 12.2. The number of rotatable bonds is 6. The number of fused-ring (bicyclic) bond motifs is 2. The molecule has 0 aromatic heterocycles. The normalized spacial score (nSPS) is 32.2. The highest BCUT2D eigenvalue weighted by Gasteiger charge is 2.36. The fourth-order valence-corrected chi connectivity index (χ4v) is 6.40. The van der Waals surface area contributed by atoms with Crippen LogP contribution in [0.1, 0.15) is 94.2 Å². The van der Waals surface area contributed by atoms with Crippen LogP contribution < -0.4 is 0 Å². The number of allylic oxidation sites excluding steroid dienone is 1. The van der Waals surface area contributed by atoms with Gasteiger partial charge in [0.2, 0.25) is 0 Å². The first kappa shape index (κ1) is 21.1. The smallest absolute Gasteiger partial charge is 0.126 e. The van der Waals surface area contributed by atoms with Crippen LogP contribution in [0.4, 0.5) is 4.39 Å². The van der Waals surface area contributed by atoms with E-state index in [-0.39, 0.29) is 5.82 Å². The Morgan fingerprint density at radius 1 is 1.07 bits per heavy atom. The molecule has 3 aliphatic carbocycles. The van der Waals surface area contributed by atoms with Gasteiger partial charge in [-0.25, -0.2) is 4.39 Å². The lowest BCUT2D eigenvalue weighted by molar-refractivity contribution is -0.00321. The van der Waals surface area contributed by atoms with Gasteiger partial charge in [-0.3, -0.25) is 0 Å². The molecule has 0 heterocycles. The average molecular weight is 399 g/mol. The predicted molar refractivity (Wildman–Crippen MR) is 119 cm³/mol. The lowest BCUT2D eigenvalue weighted by atomic mass is 9.65. The quantitative estimate of drug-likeness (QED) is 0.454. The molecule has 0 N–H and O–H groups in total. The highest BCUT2D eigenvalue weighted by molar-refractivity contribution is 5.37. The number of aryl methyl sites for hydroxylation is 1. The topological polar surface area (TPSA) is 9.23 Å². The fraction of sp³-hybridized carbons (Fsp3) is 0.704. The molecule has 29 heavy (non-hydrogen) atoms. The Balaban J connectivity index is 1.38. The van der Waals surface area contributed by atoms with Crippen molar-refractivity contribution >= 4 is 0 Å². The zero-order valence-corrected chi connectivity index (χ0v) is 18.5. The SMILES string of the molecule is C/C=C/COC1CCC2CC(c3cc(F)c4c(c3)CCC(CCC)C4)CCC2C1. The summed E-state index contributed by atoms with van der Waals surface area (Å²) in [6.45, 7) is 5.05. The van der Waals surface area contributed by atoms with Crippen LogP contribution in [0.15, 0.2) is 24.3 Å². The molecular weight excluding hydrogens is 359 g/mol. The van der Waals surface area contributed by atoms with Crippen molar-refractivity contribution in [3.63, 3.8) is 0 Å². The molecule has 3 aliphatic rings. The molecule has 5 unspecified atom stereocenters. The van der Waals surface area contributed by atoms with Crippen molar-refractivity contribution in [1.29, 1.82) is 0 Å². The van der Waals surface area contributed by atoms with Gasteiger partial charge in [0.05, 0.1) is 12.7 Å². The van der Waals surface area contributed by atoms with E-state index in [4.69, 9.17) is 4.74 Å². The van der Waals surface area contributed by atoms with E-state index in [0.29, 0.717) is 17.9 Å². The summed E-state index contributed by atoms with van der Waals surface area (Å²) >= 11 is 0. The molecule has 2 fully saturated rings. The van der Waals surface area contributed by atoms with Crippen LogP contribution >= 0.6 is 0 Å². The predicted octanol–water partition coefficient (Wildman–Crippen LogP) is 7.38. The van der Waals surface area contributed by atoms with Gasteiger partial charge in [0.15, 0.2) is 0 Å². The third-order valence-electron chi connectivity index (χ3n) is 8.02. The highest BCUT2D eigenvalue weighted by Crippen LogP contribution is 2.47. The zero-order valence-electron chi connectivity index (χ0n) is 18.5. The van der Waals surface area contributed by atoms with Gasteiger partial charge in [-0.1, -0.05) is 38.0 Å². The summed E-state index contributed by atoms with van der Waals surface area (Å²) in [4.78, 5) is 0. The Morgan fingerprint density at radius 3 is 2.72 bits per heavy atom. The van der Waals surface area contributed by atoms with Crippen molar-refractivity contribution < 1.29 is 9.13 Å². The number of halogens is 1. The van der Waals surface area contributed by atoms with Crippen molar-refractivity contribution in [3.05, 3.63) is 46.8 Å². The molecule has 0 saturated heterocycles. The maximum atomic E-state index is 15.0. The van der Waals surface area contributed by atoms with Crippen molar-refractivity contribution in [2.75, 3.05) is 6.61 Å². The van der Waals surface area contributed by atoms with Gasteiger partial charge in [-0.05, 0) is 111 Å². The van der Waals surface area contributed by atoms with Crippen LogP contribution in [0.5, 0.6) is 0 Å². The zero-order chi connectivity index (χ0) is 20.2. The molecule has 2 heteroatoms. The van der Waals surface area contributed by atoms with Gasteiger partial charge >= 0.3 is 0 Å². The molecule has 1 aromatic carbocycles. The van der Waals surface area contributed by atoms with Gasteiger partial charge in [0.25, 0.3) is 0 Å². The van der Waals surface area contributed by atoms with E-state index in [1.165, 1.54) is 68.9 Å². The van der Waals surface area contributed by atoms with E-state index in [0.717, 1.165) is 36.8 Å². The summed E-state index contributed by atoms with van der Waals surface area (Å²) in [5.74, 6) is 2.95. The molecule has 5 atom stereocenters. The minimum Gasteiger partial charge on any atom is -0.374 e. The van der Waals surface area contributed by atoms with Crippen LogP contribution in [-0.4, -0.2) is 12.7 Å². The molecule has 0 bridgehead atoms. The van der Waals surface area contributed by atoms with Crippen LogP contribution in [0.3, 0.4) is 0 Å². The van der Waals surface area contributed by atoms with Crippen molar-refractivity contribution in [2.45, 2.75) is 96.5 Å². The minimum atomic E-state index is 0.0847. The lowest BCUT2D eigenvalue weighted by Crippen LogP contribution is -2.34. The van der Waals surface area contributed by atoms with Gasteiger partial charge in [-0.15, -0.1) is 0 Å². The molecule has 0 spiro atoms. The van der Waals surface area contributed by atoms with Crippen molar-refractivity contribution in [1.82, 2.24) is 0 Å². The average Bonchev–Trinajstić information content (AvgIpc) is 2.74. The Bertz CT molecular complexity index is 709. The van der Waals surface area contributed by atoms with Gasteiger partial charge in [0.1, 0.15) is 5.82 Å². The molecule has 0 radical (unpaired) electrons. The number of hydrogen-bond donors (Lipinski definition) is 0. The van der Waals surface area contributed by atoms with Gasteiger partial charge in [-0.2, -0.15) is 0 Å². The second kappa shape index (κ2) is 9.77. The van der Waals surface area contributed by atoms with E-state index in [1.807, 2.05) is 6.07 Å². The van der Waals surface area contributed by atoms with E-state index in [9.17, 15) is 0 Å². The van der Waals surface area contributed by atoms with Crippen molar-refractivity contribution in [2.24, 2.45) is 17.8 Å². The number of benzene rings is 1. The van der Waals surface area contributed by atoms with Crippen LogP contribution in [-0.2, 0) is 17.6 Å². The second-order valence-corrected chi connectivity index (χ2v) is 9.91. The third-order valence-corrected chi connectivity index (χ3v) is 8.02. The van der Waals surface area contributed by atoms with Crippen LogP contribution in [0.2, 0.25) is 0 Å². The molecule has 1 aromatic rings. The standard InChI is InChI=1S/C27H39FO/c1-3-5-13-29-25-12-11-20-15-21(9-10-22(20)17-25)24-16-23-8-7-19(6-4-2)14-26(23)27(28)18-24/h3,5,16,18-22,25H,4,6-15,17H2,1-2H3/b5-3+. The Kier molecular flexibility index (Phi) is 7.11. The summed E-state index contributed by atoms with van der Waals surface area (Å²) in [5, 5.41) is 0. The summed E-state index contributed by atoms with van der Waals surface area (Å²) in [6.07, 6.45) is 17.8. The first-order chi connectivity index (χ1) is 14.2. The molecule has 160 valence electrons. The van der Waals surface area contributed by atoms with E-state index in [1.54, 1.807) is 0 Å². The molecular formula is C27H39FO. The Morgan fingerprint density at radius 2 is 1.90 bits per heavy atom. The van der Waals surface area contributed by atoms with Gasteiger partial charge < -0.3 is 4.74 Å². The molecule has 1 nitrogen and oxygen atoms in total. The van der Waals surface area contributed by atoms with Gasteiger partial charge in [0, 0.05) is 0 Å². The van der Waals surface area contributed by atoms with Crippen LogP contribution in [0.25, 0.3) is 0 Å². The van der Waals surface area contributed by atoms with Crippen LogP contribution in [0, 0.1) is 23.6 Å².